The summed E-state index contributed by atoms with van der Waals surface area (Å²) in [5.41, 5.74) is -1.34. The first-order valence-electron chi connectivity index (χ1n) is 6.77. The Bertz CT molecular complexity index is 749. The molecule has 0 aliphatic heterocycles. The van der Waals surface area contributed by atoms with Gasteiger partial charge in [-0.2, -0.15) is 13.2 Å². The smallest absolute Gasteiger partial charge is 0.418 e. The molecule has 24 heavy (non-hydrogen) atoms. The van der Waals surface area contributed by atoms with Gasteiger partial charge in [0.1, 0.15) is 11.6 Å². The van der Waals surface area contributed by atoms with Crippen molar-refractivity contribution >= 4 is 23.2 Å². The largest absolute Gasteiger partial charge is 0.481 e. The molecule has 0 aromatic heterocycles. The Balaban J connectivity index is 2.11. The highest BCUT2D eigenvalue weighted by Crippen LogP contribution is 2.34. The molecule has 0 saturated heterocycles. The van der Waals surface area contributed by atoms with Crippen molar-refractivity contribution in [3.63, 3.8) is 0 Å². The van der Waals surface area contributed by atoms with E-state index in [9.17, 15) is 22.4 Å². The van der Waals surface area contributed by atoms with Gasteiger partial charge in [0, 0.05) is 6.07 Å². The molecule has 2 rings (SSSR count). The Morgan fingerprint density at radius 3 is 2.50 bits per heavy atom. The summed E-state index contributed by atoms with van der Waals surface area (Å²) < 4.78 is 57.0. The van der Waals surface area contributed by atoms with Crippen molar-refractivity contribution in [2.45, 2.75) is 19.2 Å². The van der Waals surface area contributed by atoms with E-state index in [2.05, 4.69) is 5.32 Å². The van der Waals surface area contributed by atoms with Gasteiger partial charge in [0.05, 0.1) is 16.3 Å². The number of halogens is 5. The quantitative estimate of drug-likeness (QED) is 0.786. The van der Waals surface area contributed by atoms with E-state index in [4.69, 9.17) is 16.3 Å². The second-order valence-corrected chi connectivity index (χ2v) is 5.28. The number of alkyl halides is 3. The average Bonchev–Trinajstić information content (AvgIpc) is 2.50. The van der Waals surface area contributed by atoms with E-state index >= 15 is 0 Å². The molecule has 0 fully saturated rings. The first-order chi connectivity index (χ1) is 11.2. The summed E-state index contributed by atoms with van der Waals surface area (Å²) in [4.78, 5) is 12.0. The number of para-hydroxylation sites is 1. The van der Waals surface area contributed by atoms with E-state index in [1.807, 2.05) is 0 Å². The first kappa shape index (κ1) is 18.1. The third-order valence-corrected chi connectivity index (χ3v) is 3.35. The minimum atomic E-state index is -4.60. The van der Waals surface area contributed by atoms with Crippen LogP contribution in [0.2, 0.25) is 5.02 Å². The first-order valence-corrected chi connectivity index (χ1v) is 7.15. The number of anilines is 1. The minimum Gasteiger partial charge on any atom is -0.481 e. The maximum atomic E-state index is 13.1. The Kier molecular flexibility index (Phi) is 5.33. The summed E-state index contributed by atoms with van der Waals surface area (Å²) in [6.45, 7) is 1.35. The van der Waals surface area contributed by atoms with Crippen molar-refractivity contribution in [2.75, 3.05) is 5.32 Å². The molecule has 0 bridgehead atoms. The molecule has 3 nitrogen and oxygen atoms in total. The number of hydrogen-bond donors (Lipinski definition) is 1. The van der Waals surface area contributed by atoms with Gasteiger partial charge in [-0.3, -0.25) is 4.79 Å². The van der Waals surface area contributed by atoms with Crippen molar-refractivity contribution in [2.24, 2.45) is 0 Å². The lowest BCUT2D eigenvalue weighted by Gasteiger charge is -2.17. The van der Waals surface area contributed by atoms with Gasteiger partial charge in [-0.15, -0.1) is 0 Å². The summed E-state index contributed by atoms with van der Waals surface area (Å²) >= 11 is 5.60. The fourth-order valence-electron chi connectivity index (χ4n) is 1.88. The van der Waals surface area contributed by atoms with E-state index < -0.39 is 29.6 Å². The number of benzene rings is 2. The molecule has 0 heterocycles. The maximum absolute atomic E-state index is 13.1. The zero-order valence-corrected chi connectivity index (χ0v) is 13.1. The van der Waals surface area contributed by atoms with E-state index in [-0.39, 0.29) is 16.5 Å². The van der Waals surface area contributed by atoms with Crippen molar-refractivity contribution in [1.82, 2.24) is 0 Å². The third kappa shape index (κ3) is 4.38. The SMILES string of the molecule is CC(Oc1ccc(F)c(Cl)c1)C(=O)Nc1ccccc1C(F)(F)F. The molecule has 1 amide bonds. The standard InChI is InChI=1S/C16H12ClF4NO2/c1-9(24-10-6-7-13(18)12(17)8-10)15(23)22-14-5-3-2-4-11(14)16(19,20)21/h2-9H,1H3,(H,22,23). The Morgan fingerprint density at radius 2 is 1.88 bits per heavy atom. The molecule has 0 spiro atoms. The van der Waals surface area contributed by atoms with E-state index in [0.717, 1.165) is 18.2 Å². The topological polar surface area (TPSA) is 38.3 Å². The van der Waals surface area contributed by atoms with Crippen LogP contribution in [0.5, 0.6) is 5.75 Å². The van der Waals surface area contributed by atoms with Gasteiger partial charge in [-0.05, 0) is 31.2 Å². The molecule has 1 atom stereocenters. The molecule has 0 saturated carbocycles. The summed E-state index contributed by atoms with van der Waals surface area (Å²) in [5.74, 6) is -1.32. The molecule has 2 aromatic carbocycles. The Labute approximate surface area is 140 Å². The molecule has 8 heteroatoms. The van der Waals surface area contributed by atoms with Gasteiger partial charge in [-0.1, -0.05) is 23.7 Å². The number of amides is 1. The van der Waals surface area contributed by atoms with Crippen LogP contribution in [0.4, 0.5) is 23.2 Å². The molecule has 0 aliphatic carbocycles. The van der Waals surface area contributed by atoms with Crippen LogP contribution in [-0.4, -0.2) is 12.0 Å². The molecular weight excluding hydrogens is 350 g/mol. The fourth-order valence-corrected chi connectivity index (χ4v) is 2.05. The van der Waals surface area contributed by atoms with Crippen LogP contribution in [-0.2, 0) is 11.0 Å². The lowest BCUT2D eigenvalue weighted by molar-refractivity contribution is -0.137. The van der Waals surface area contributed by atoms with Gasteiger partial charge in [-0.25, -0.2) is 4.39 Å². The number of nitrogens with one attached hydrogen (secondary N) is 1. The Hall–Kier alpha value is -2.28. The van der Waals surface area contributed by atoms with Gasteiger partial charge in [0.2, 0.25) is 0 Å². The zero-order chi connectivity index (χ0) is 17.9. The van der Waals surface area contributed by atoms with Gasteiger partial charge in [0.15, 0.2) is 6.10 Å². The summed E-state index contributed by atoms with van der Waals surface area (Å²) in [7, 11) is 0. The van der Waals surface area contributed by atoms with Crippen molar-refractivity contribution in [3.05, 3.63) is 58.9 Å². The van der Waals surface area contributed by atoms with E-state index in [1.165, 1.54) is 31.2 Å². The molecule has 1 N–H and O–H groups in total. The Morgan fingerprint density at radius 1 is 1.21 bits per heavy atom. The number of hydrogen-bond acceptors (Lipinski definition) is 2. The molecule has 2 aromatic rings. The highest BCUT2D eigenvalue weighted by atomic mass is 35.5. The van der Waals surface area contributed by atoms with Crippen LogP contribution in [0.1, 0.15) is 12.5 Å². The van der Waals surface area contributed by atoms with Crippen LogP contribution in [0.3, 0.4) is 0 Å². The van der Waals surface area contributed by atoms with Crippen LogP contribution in [0.15, 0.2) is 42.5 Å². The normalized spacial score (nSPS) is 12.6. The highest BCUT2D eigenvalue weighted by Gasteiger charge is 2.34. The van der Waals surface area contributed by atoms with Crippen LogP contribution in [0.25, 0.3) is 0 Å². The van der Waals surface area contributed by atoms with E-state index in [0.29, 0.717) is 0 Å². The maximum Gasteiger partial charge on any atom is 0.418 e. The lowest BCUT2D eigenvalue weighted by Crippen LogP contribution is -2.31. The zero-order valence-electron chi connectivity index (χ0n) is 12.3. The second kappa shape index (κ2) is 7.09. The number of carbonyl (C=O) groups is 1. The number of rotatable bonds is 4. The van der Waals surface area contributed by atoms with Crippen molar-refractivity contribution < 1.29 is 27.1 Å². The van der Waals surface area contributed by atoms with Gasteiger partial charge < -0.3 is 10.1 Å². The number of carbonyl (C=O) groups excluding carboxylic acids is 1. The predicted octanol–water partition coefficient (Wildman–Crippen LogP) is 4.90. The summed E-state index contributed by atoms with van der Waals surface area (Å²) in [6.07, 6.45) is -5.72. The van der Waals surface area contributed by atoms with Gasteiger partial charge >= 0.3 is 6.18 Å². The third-order valence-electron chi connectivity index (χ3n) is 3.06. The lowest BCUT2D eigenvalue weighted by atomic mass is 10.1. The highest BCUT2D eigenvalue weighted by molar-refractivity contribution is 6.30. The predicted molar refractivity (Wildman–Crippen MR) is 81.6 cm³/mol. The van der Waals surface area contributed by atoms with Crippen LogP contribution >= 0.6 is 11.6 Å². The molecule has 0 aliphatic rings. The van der Waals surface area contributed by atoms with Crippen LogP contribution in [0, 0.1) is 5.82 Å². The molecule has 0 radical (unpaired) electrons. The summed E-state index contributed by atoms with van der Waals surface area (Å²) in [5, 5.41) is 1.98. The van der Waals surface area contributed by atoms with Crippen molar-refractivity contribution in [3.8, 4) is 5.75 Å². The molecular formula is C16H12ClF4NO2. The second-order valence-electron chi connectivity index (χ2n) is 4.87. The number of ether oxygens (including phenoxy) is 1. The molecule has 1 unspecified atom stereocenters. The van der Waals surface area contributed by atoms with Crippen molar-refractivity contribution in [1.29, 1.82) is 0 Å². The van der Waals surface area contributed by atoms with Crippen LogP contribution < -0.4 is 10.1 Å². The minimum absolute atomic E-state index is 0.119. The fraction of sp³-hybridized carbons (Fsp3) is 0.188. The summed E-state index contributed by atoms with van der Waals surface area (Å²) in [6, 6.07) is 8.08. The average molecular weight is 362 g/mol. The van der Waals surface area contributed by atoms with E-state index in [1.54, 1.807) is 0 Å². The monoisotopic (exact) mass is 361 g/mol. The molecule has 128 valence electrons. The van der Waals surface area contributed by atoms with Gasteiger partial charge in [0.25, 0.3) is 5.91 Å².